The molecule has 4 rings (SSSR count). The third-order valence-electron chi connectivity index (χ3n) is 5.54. The summed E-state index contributed by atoms with van der Waals surface area (Å²) < 4.78 is 0. The summed E-state index contributed by atoms with van der Waals surface area (Å²) in [6.07, 6.45) is 5.25. The molecular formula is C22H26N4O3S. The van der Waals surface area contributed by atoms with Crippen LogP contribution in [0.1, 0.15) is 57.7 Å². The Bertz CT molecular complexity index is 990. The highest BCUT2D eigenvalue weighted by Crippen LogP contribution is 2.34. The van der Waals surface area contributed by atoms with Crippen molar-refractivity contribution in [1.29, 1.82) is 0 Å². The molecule has 1 saturated carbocycles. The number of hydrogen-bond acceptors (Lipinski definition) is 5. The number of nitrogens with one attached hydrogen (secondary N) is 2. The first-order chi connectivity index (χ1) is 14.4. The number of nitrogens with two attached hydrogens (primary N) is 1. The Balaban J connectivity index is 1.57. The van der Waals surface area contributed by atoms with Gasteiger partial charge in [0.2, 0.25) is 11.8 Å². The molecule has 3 amide bonds. The number of piperidine rings is 1. The Hall–Kier alpha value is -2.87. The molecule has 1 saturated heterocycles. The van der Waals surface area contributed by atoms with Gasteiger partial charge in [-0.15, -0.1) is 11.3 Å². The van der Waals surface area contributed by atoms with Crippen molar-refractivity contribution in [1.82, 2.24) is 0 Å². The van der Waals surface area contributed by atoms with Crippen molar-refractivity contribution in [2.24, 2.45) is 11.7 Å². The topological polar surface area (TPSA) is 105 Å². The van der Waals surface area contributed by atoms with Crippen LogP contribution in [-0.2, 0) is 4.79 Å². The van der Waals surface area contributed by atoms with Crippen LogP contribution >= 0.6 is 11.3 Å². The fourth-order valence-corrected chi connectivity index (χ4v) is 4.69. The molecule has 2 aromatic rings. The zero-order chi connectivity index (χ0) is 21.3. The van der Waals surface area contributed by atoms with Gasteiger partial charge in [0.1, 0.15) is 0 Å². The number of carbonyl (C=O) groups excluding carboxylic acids is 3. The van der Waals surface area contributed by atoms with Gasteiger partial charge in [0.15, 0.2) is 0 Å². The number of benzene rings is 1. The lowest BCUT2D eigenvalue weighted by Gasteiger charge is -2.30. The van der Waals surface area contributed by atoms with E-state index in [0.717, 1.165) is 50.0 Å². The highest BCUT2D eigenvalue weighted by Gasteiger charge is 2.30. The molecule has 2 fully saturated rings. The molecule has 30 heavy (non-hydrogen) atoms. The SMILES string of the molecule is Cc1cc(NC(=O)C2CC2)sc1C(=O)Nc1cc(C(N)=O)ccc1N1CCCCC1. The Morgan fingerprint density at radius 1 is 1.07 bits per heavy atom. The number of amides is 3. The first-order valence-corrected chi connectivity index (χ1v) is 11.2. The van der Waals surface area contributed by atoms with Crippen LogP contribution in [0.4, 0.5) is 16.4 Å². The van der Waals surface area contributed by atoms with Crippen LogP contribution in [0.3, 0.4) is 0 Å². The van der Waals surface area contributed by atoms with E-state index < -0.39 is 5.91 Å². The summed E-state index contributed by atoms with van der Waals surface area (Å²) in [5.41, 5.74) is 8.08. The number of carbonyl (C=O) groups is 3. The van der Waals surface area contributed by atoms with E-state index in [1.165, 1.54) is 17.8 Å². The third kappa shape index (κ3) is 4.48. The predicted molar refractivity (Wildman–Crippen MR) is 119 cm³/mol. The maximum Gasteiger partial charge on any atom is 0.266 e. The fraction of sp³-hybridized carbons (Fsp3) is 0.409. The maximum atomic E-state index is 13.0. The molecule has 0 unspecified atom stereocenters. The van der Waals surface area contributed by atoms with E-state index in [2.05, 4.69) is 15.5 Å². The predicted octanol–water partition coefficient (Wildman–Crippen LogP) is 3.75. The summed E-state index contributed by atoms with van der Waals surface area (Å²) >= 11 is 1.26. The molecule has 8 heteroatoms. The second-order valence-corrected chi connectivity index (χ2v) is 9.04. The summed E-state index contributed by atoms with van der Waals surface area (Å²) in [5.74, 6) is -0.671. The van der Waals surface area contributed by atoms with Crippen molar-refractivity contribution in [3.63, 3.8) is 0 Å². The highest BCUT2D eigenvalue weighted by atomic mass is 32.1. The lowest BCUT2D eigenvalue weighted by atomic mass is 10.1. The molecule has 1 aromatic heterocycles. The van der Waals surface area contributed by atoms with Crippen LogP contribution in [0.2, 0.25) is 0 Å². The molecule has 0 bridgehead atoms. The molecule has 1 aromatic carbocycles. The van der Waals surface area contributed by atoms with Gasteiger partial charge in [0.25, 0.3) is 5.91 Å². The third-order valence-corrected chi connectivity index (χ3v) is 6.70. The minimum absolute atomic E-state index is 0.0183. The van der Waals surface area contributed by atoms with Crippen molar-refractivity contribution in [3.05, 3.63) is 40.3 Å². The largest absolute Gasteiger partial charge is 0.370 e. The Labute approximate surface area is 179 Å². The quantitative estimate of drug-likeness (QED) is 0.654. The number of thiophene rings is 1. The van der Waals surface area contributed by atoms with E-state index in [4.69, 9.17) is 5.73 Å². The first-order valence-electron chi connectivity index (χ1n) is 10.3. The number of rotatable bonds is 6. The van der Waals surface area contributed by atoms with Gasteiger partial charge < -0.3 is 21.3 Å². The molecule has 4 N–H and O–H groups in total. The second kappa shape index (κ2) is 8.47. The first kappa shape index (κ1) is 20.4. The average Bonchev–Trinajstić information content (AvgIpc) is 3.52. The molecule has 2 heterocycles. The molecule has 0 atom stereocenters. The summed E-state index contributed by atoms with van der Waals surface area (Å²) in [4.78, 5) is 39.5. The molecular weight excluding hydrogens is 400 g/mol. The van der Waals surface area contributed by atoms with E-state index >= 15 is 0 Å². The van der Waals surface area contributed by atoms with Crippen molar-refractivity contribution < 1.29 is 14.4 Å². The van der Waals surface area contributed by atoms with Crippen LogP contribution in [0.15, 0.2) is 24.3 Å². The van der Waals surface area contributed by atoms with Gasteiger partial charge in [-0.2, -0.15) is 0 Å². The minimum atomic E-state index is -0.534. The van der Waals surface area contributed by atoms with Crippen molar-refractivity contribution in [3.8, 4) is 0 Å². The molecule has 7 nitrogen and oxygen atoms in total. The van der Waals surface area contributed by atoms with Gasteiger partial charge in [-0.25, -0.2) is 0 Å². The minimum Gasteiger partial charge on any atom is -0.370 e. The normalized spacial score (nSPS) is 16.2. The summed E-state index contributed by atoms with van der Waals surface area (Å²) in [5, 5.41) is 6.55. The number of nitrogens with zero attached hydrogens (tertiary/aromatic N) is 1. The van der Waals surface area contributed by atoms with Crippen molar-refractivity contribution in [2.75, 3.05) is 28.6 Å². The average molecular weight is 427 g/mol. The van der Waals surface area contributed by atoms with Gasteiger partial charge in [-0.05, 0) is 68.9 Å². The van der Waals surface area contributed by atoms with Gasteiger partial charge in [-0.3, -0.25) is 14.4 Å². The lowest BCUT2D eigenvalue weighted by molar-refractivity contribution is -0.117. The van der Waals surface area contributed by atoms with E-state index in [1.807, 2.05) is 19.1 Å². The van der Waals surface area contributed by atoms with Crippen LogP contribution < -0.4 is 21.3 Å². The Morgan fingerprint density at radius 3 is 2.47 bits per heavy atom. The maximum absolute atomic E-state index is 13.0. The van der Waals surface area contributed by atoms with Crippen molar-refractivity contribution in [2.45, 2.75) is 39.0 Å². The molecule has 2 aliphatic rings. The van der Waals surface area contributed by atoms with Gasteiger partial charge in [0.05, 0.1) is 21.3 Å². The van der Waals surface area contributed by atoms with E-state index in [9.17, 15) is 14.4 Å². The standard InChI is InChI=1S/C22H26N4O3S/c1-13-11-18(25-21(28)14-5-6-14)30-19(13)22(29)24-16-12-15(20(23)27)7-8-17(16)26-9-3-2-4-10-26/h7-8,11-12,14H,2-6,9-10H2,1H3,(H2,23,27)(H,24,29)(H,25,28). The van der Waals surface area contributed by atoms with Crippen LogP contribution in [0.5, 0.6) is 0 Å². The van der Waals surface area contributed by atoms with Crippen LogP contribution in [0.25, 0.3) is 0 Å². The molecule has 0 spiro atoms. The summed E-state index contributed by atoms with van der Waals surface area (Å²) in [6, 6.07) is 7.02. The monoisotopic (exact) mass is 426 g/mol. The molecule has 158 valence electrons. The van der Waals surface area contributed by atoms with Gasteiger partial charge in [-0.1, -0.05) is 0 Å². The van der Waals surface area contributed by atoms with Crippen molar-refractivity contribution >= 4 is 45.4 Å². The number of hydrogen-bond donors (Lipinski definition) is 3. The number of anilines is 3. The Kier molecular flexibility index (Phi) is 5.76. The zero-order valence-corrected chi connectivity index (χ0v) is 17.8. The van der Waals surface area contributed by atoms with Gasteiger partial charge >= 0.3 is 0 Å². The van der Waals surface area contributed by atoms with Crippen LogP contribution in [0, 0.1) is 12.8 Å². The smallest absolute Gasteiger partial charge is 0.266 e. The summed E-state index contributed by atoms with van der Waals surface area (Å²) in [6.45, 7) is 3.67. The van der Waals surface area contributed by atoms with E-state index in [1.54, 1.807) is 12.1 Å². The molecule has 1 aliphatic carbocycles. The summed E-state index contributed by atoms with van der Waals surface area (Å²) in [7, 11) is 0. The Morgan fingerprint density at radius 2 is 1.80 bits per heavy atom. The van der Waals surface area contributed by atoms with E-state index in [-0.39, 0.29) is 17.7 Å². The van der Waals surface area contributed by atoms with Gasteiger partial charge in [0, 0.05) is 24.6 Å². The number of aryl methyl sites for hydroxylation is 1. The fourth-order valence-electron chi connectivity index (χ4n) is 3.72. The molecule has 1 aliphatic heterocycles. The van der Waals surface area contributed by atoms with E-state index in [0.29, 0.717) is 21.1 Å². The lowest BCUT2D eigenvalue weighted by Crippen LogP contribution is -2.30. The highest BCUT2D eigenvalue weighted by molar-refractivity contribution is 7.18. The number of primary amides is 1. The van der Waals surface area contributed by atoms with Crippen LogP contribution in [-0.4, -0.2) is 30.8 Å². The molecule has 0 radical (unpaired) electrons. The second-order valence-electron chi connectivity index (χ2n) is 7.98. The zero-order valence-electron chi connectivity index (χ0n) is 17.0.